The third-order valence-corrected chi connectivity index (χ3v) is 4.15. The van der Waals surface area contributed by atoms with Gasteiger partial charge in [0.15, 0.2) is 5.75 Å². The molecule has 18 heavy (non-hydrogen) atoms. The Kier molecular flexibility index (Phi) is 4.10. The topological polar surface area (TPSA) is 83.5 Å². The van der Waals surface area contributed by atoms with Gasteiger partial charge >= 0.3 is 5.51 Å². The van der Waals surface area contributed by atoms with E-state index in [9.17, 15) is 31.5 Å². The average molecular weight is 395 g/mol. The molecule has 0 saturated heterocycles. The summed E-state index contributed by atoms with van der Waals surface area (Å²) in [5.74, 6) is -0.510. The molecule has 0 aromatic heterocycles. The lowest BCUT2D eigenvalue weighted by Crippen LogP contribution is -2.23. The number of carbonyl (C=O) groups excluding carboxylic acids is 1. The molecule has 0 saturated carbocycles. The summed E-state index contributed by atoms with van der Waals surface area (Å²) < 4.78 is 59.1. The number of benzene rings is 1. The highest BCUT2D eigenvalue weighted by molar-refractivity contribution is 14.1. The zero-order chi connectivity index (χ0) is 14.1. The summed E-state index contributed by atoms with van der Waals surface area (Å²) in [6.07, 6.45) is 0.106. The first-order chi connectivity index (χ1) is 8.11. The first kappa shape index (κ1) is 15.0. The number of alkyl halides is 3. The second-order valence-electron chi connectivity index (χ2n) is 3.01. The summed E-state index contributed by atoms with van der Waals surface area (Å²) in [4.78, 5) is 9.15. The summed E-state index contributed by atoms with van der Waals surface area (Å²) in [6, 6.07) is 1.20. The number of hydrogen-bond acceptors (Lipinski definition) is 4. The van der Waals surface area contributed by atoms with Gasteiger partial charge < -0.3 is 10.4 Å². The van der Waals surface area contributed by atoms with Gasteiger partial charge in [0, 0.05) is 0 Å². The van der Waals surface area contributed by atoms with Crippen LogP contribution in [0.3, 0.4) is 0 Å². The molecular weight excluding hydrogens is 390 g/mol. The van der Waals surface area contributed by atoms with E-state index in [0.29, 0.717) is 12.1 Å². The number of phenols is 1. The van der Waals surface area contributed by atoms with Crippen molar-refractivity contribution in [1.82, 2.24) is 0 Å². The van der Waals surface area contributed by atoms with Crippen LogP contribution in [0, 0.1) is 3.57 Å². The number of amides is 1. The number of carbonyl (C=O) groups is 1. The minimum Gasteiger partial charge on any atom is -0.505 e. The predicted octanol–water partition coefficient (Wildman–Crippen LogP) is 1.86. The van der Waals surface area contributed by atoms with Gasteiger partial charge in [0.1, 0.15) is 0 Å². The molecule has 0 fully saturated rings. The summed E-state index contributed by atoms with van der Waals surface area (Å²) in [5, 5.41) is 11.3. The Morgan fingerprint density at radius 2 is 1.89 bits per heavy atom. The molecule has 1 aromatic rings. The number of sulfone groups is 1. The fourth-order valence-electron chi connectivity index (χ4n) is 1.04. The molecule has 1 aromatic carbocycles. The van der Waals surface area contributed by atoms with Crippen LogP contribution >= 0.6 is 22.6 Å². The van der Waals surface area contributed by atoms with Crippen molar-refractivity contribution >= 4 is 44.5 Å². The maximum absolute atomic E-state index is 12.3. The van der Waals surface area contributed by atoms with E-state index < -0.39 is 31.7 Å². The molecule has 0 aliphatic heterocycles. The van der Waals surface area contributed by atoms with Gasteiger partial charge in [-0.05, 0) is 34.7 Å². The van der Waals surface area contributed by atoms with Gasteiger partial charge in [-0.1, -0.05) is 0 Å². The van der Waals surface area contributed by atoms with Crippen LogP contribution in [0.25, 0.3) is 0 Å². The number of aromatic hydroxyl groups is 1. The van der Waals surface area contributed by atoms with E-state index in [1.54, 1.807) is 0 Å². The Labute approximate surface area is 113 Å². The van der Waals surface area contributed by atoms with Crippen molar-refractivity contribution in [2.45, 2.75) is 10.4 Å². The van der Waals surface area contributed by atoms with E-state index in [1.165, 1.54) is 22.6 Å². The number of rotatable bonds is 3. The van der Waals surface area contributed by atoms with Gasteiger partial charge in [0.25, 0.3) is 9.84 Å². The van der Waals surface area contributed by atoms with Gasteiger partial charge in [-0.25, -0.2) is 8.42 Å². The van der Waals surface area contributed by atoms with Crippen molar-refractivity contribution in [2.75, 3.05) is 5.32 Å². The van der Waals surface area contributed by atoms with Gasteiger partial charge in [0.05, 0.1) is 14.2 Å². The molecule has 1 rings (SSSR count). The zero-order valence-electron chi connectivity index (χ0n) is 8.32. The summed E-state index contributed by atoms with van der Waals surface area (Å²) in [6.45, 7) is 0. The molecule has 0 atom stereocenters. The van der Waals surface area contributed by atoms with E-state index in [-0.39, 0.29) is 9.98 Å². The van der Waals surface area contributed by atoms with Crippen LogP contribution in [0.2, 0.25) is 0 Å². The number of phenolic OH excluding ortho intramolecular Hbond substituents is 1. The minimum absolute atomic E-state index is 0.106. The summed E-state index contributed by atoms with van der Waals surface area (Å²) in [5.41, 5.74) is -5.87. The van der Waals surface area contributed by atoms with Crippen molar-refractivity contribution in [2.24, 2.45) is 0 Å². The van der Waals surface area contributed by atoms with Crippen molar-refractivity contribution in [3.05, 3.63) is 15.7 Å². The van der Waals surface area contributed by atoms with Gasteiger partial charge in [-0.3, -0.25) is 4.79 Å². The van der Waals surface area contributed by atoms with Crippen LogP contribution in [0.1, 0.15) is 0 Å². The Morgan fingerprint density at radius 3 is 2.33 bits per heavy atom. The SMILES string of the molecule is O=CNc1cc(S(=O)(=O)C(F)(F)F)cc(I)c1O. The Balaban J connectivity index is 3.50. The number of hydrogen-bond donors (Lipinski definition) is 2. The molecule has 0 bridgehead atoms. The molecule has 2 N–H and O–H groups in total. The molecule has 0 unspecified atom stereocenters. The van der Waals surface area contributed by atoms with Crippen molar-refractivity contribution in [3.63, 3.8) is 0 Å². The minimum atomic E-state index is -5.53. The Bertz CT molecular complexity index is 585. The first-order valence-electron chi connectivity index (χ1n) is 4.15. The Morgan fingerprint density at radius 1 is 1.33 bits per heavy atom. The highest BCUT2D eigenvalue weighted by atomic mass is 127. The maximum atomic E-state index is 12.3. The van der Waals surface area contributed by atoms with Crippen LogP contribution in [0.5, 0.6) is 5.75 Å². The maximum Gasteiger partial charge on any atom is 0.501 e. The summed E-state index contributed by atoms with van der Waals surface area (Å²) in [7, 11) is -5.53. The van der Waals surface area contributed by atoms with E-state index in [0.717, 1.165) is 0 Å². The predicted molar refractivity (Wildman–Crippen MR) is 63.8 cm³/mol. The molecule has 0 spiro atoms. The lowest BCUT2D eigenvalue weighted by molar-refractivity contribution is -0.105. The van der Waals surface area contributed by atoms with E-state index in [4.69, 9.17) is 0 Å². The van der Waals surface area contributed by atoms with Gasteiger partial charge in [-0.15, -0.1) is 0 Å². The molecule has 1 amide bonds. The quantitative estimate of drug-likeness (QED) is 0.465. The zero-order valence-corrected chi connectivity index (χ0v) is 11.3. The van der Waals surface area contributed by atoms with Crippen molar-refractivity contribution in [1.29, 1.82) is 0 Å². The standard InChI is InChI=1S/C8H5F3INO4S/c9-8(10,11)18(16,17)4-1-5(12)7(15)6(2-4)13-3-14/h1-3,15H,(H,13,14). The van der Waals surface area contributed by atoms with Crippen LogP contribution in [0.4, 0.5) is 18.9 Å². The van der Waals surface area contributed by atoms with Crippen LogP contribution < -0.4 is 5.32 Å². The van der Waals surface area contributed by atoms with E-state index in [2.05, 4.69) is 0 Å². The fourth-order valence-corrected chi connectivity index (χ4v) is 2.69. The lowest BCUT2D eigenvalue weighted by Gasteiger charge is -2.11. The van der Waals surface area contributed by atoms with Crippen LogP contribution in [-0.2, 0) is 14.6 Å². The Hall–Kier alpha value is -1.04. The van der Waals surface area contributed by atoms with Gasteiger partial charge in [-0.2, -0.15) is 13.2 Å². The normalized spacial score (nSPS) is 12.2. The number of halogens is 4. The highest BCUT2D eigenvalue weighted by Crippen LogP contribution is 2.36. The average Bonchev–Trinajstić information content (AvgIpc) is 2.23. The van der Waals surface area contributed by atoms with Crippen LogP contribution in [0.15, 0.2) is 17.0 Å². The smallest absolute Gasteiger partial charge is 0.501 e. The molecule has 0 radical (unpaired) electrons. The second kappa shape index (κ2) is 4.91. The molecule has 5 nitrogen and oxygen atoms in total. The summed E-state index contributed by atoms with van der Waals surface area (Å²) >= 11 is 1.45. The van der Waals surface area contributed by atoms with Crippen molar-refractivity contribution < 1.29 is 31.5 Å². The molecule has 100 valence electrons. The van der Waals surface area contributed by atoms with E-state index >= 15 is 0 Å². The first-order valence-corrected chi connectivity index (χ1v) is 6.71. The number of anilines is 1. The third kappa shape index (κ3) is 2.68. The fraction of sp³-hybridized carbons (Fsp3) is 0.125. The van der Waals surface area contributed by atoms with Crippen LogP contribution in [-0.4, -0.2) is 25.4 Å². The molecular formula is C8H5F3INO4S. The van der Waals surface area contributed by atoms with Crippen molar-refractivity contribution in [3.8, 4) is 5.75 Å². The molecule has 0 aliphatic carbocycles. The molecule has 0 aliphatic rings. The number of nitrogens with one attached hydrogen (secondary N) is 1. The highest BCUT2D eigenvalue weighted by Gasteiger charge is 2.47. The molecule has 10 heteroatoms. The second-order valence-corrected chi connectivity index (χ2v) is 6.12. The lowest BCUT2D eigenvalue weighted by atomic mass is 10.3. The monoisotopic (exact) mass is 395 g/mol. The third-order valence-electron chi connectivity index (χ3n) is 1.87. The largest absolute Gasteiger partial charge is 0.505 e. The van der Waals surface area contributed by atoms with Gasteiger partial charge in [0.2, 0.25) is 6.41 Å². The molecule has 0 heterocycles. The van der Waals surface area contributed by atoms with E-state index in [1.807, 2.05) is 5.32 Å².